The number of hydrogen-bond acceptors (Lipinski definition) is 7. The van der Waals surface area contributed by atoms with E-state index in [2.05, 4.69) is 13.8 Å². The Balaban J connectivity index is 4.01. The number of esters is 1. The van der Waals surface area contributed by atoms with E-state index >= 15 is 0 Å². The molecule has 0 fully saturated rings. The lowest BCUT2D eigenvalue weighted by atomic mass is 10.0. The van der Waals surface area contributed by atoms with Gasteiger partial charge in [0.2, 0.25) is 0 Å². The van der Waals surface area contributed by atoms with Crippen molar-refractivity contribution in [1.82, 2.24) is 0 Å². The van der Waals surface area contributed by atoms with E-state index in [-0.39, 0.29) is 32.3 Å². The Labute approximate surface area is 328 Å². The molecule has 0 aliphatic heterocycles. The fourth-order valence-electron chi connectivity index (χ4n) is 6.67. The summed E-state index contributed by atoms with van der Waals surface area (Å²) >= 11 is 0. The number of nitrogens with two attached hydrogens (primary N) is 1. The molecule has 316 valence electrons. The van der Waals surface area contributed by atoms with E-state index in [4.69, 9.17) is 24.3 Å². The summed E-state index contributed by atoms with van der Waals surface area (Å²) < 4.78 is 33.2. The molecule has 0 aliphatic carbocycles. The molecule has 1 unspecified atom stereocenters. The maximum Gasteiger partial charge on any atom is 0.472 e. The van der Waals surface area contributed by atoms with E-state index in [1.165, 1.54) is 180 Å². The number of phosphoric acid groups is 1. The maximum atomic E-state index is 12.6. The Morgan fingerprint density at radius 1 is 0.566 bits per heavy atom. The maximum absolute atomic E-state index is 12.6. The first-order valence-corrected chi connectivity index (χ1v) is 24.2. The number of phosphoric ester groups is 1. The monoisotopic (exact) mass is 774 g/mol. The molecule has 3 N–H and O–H groups in total. The van der Waals surface area contributed by atoms with Crippen molar-refractivity contribution >= 4 is 13.8 Å². The summed E-state index contributed by atoms with van der Waals surface area (Å²) in [6, 6.07) is 0. The average molecular weight is 774 g/mol. The highest BCUT2D eigenvalue weighted by Crippen LogP contribution is 2.43. The molecule has 0 saturated carbocycles. The van der Waals surface area contributed by atoms with Crippen molar-refractivity contribution in [1.29, 1.82) is 0 Å². The zero-order valence-electron chi connectivity index (χ0n) is 35.0. The van der Waals surface area contributed by atoms with E-state index < -0.39 is 13.9 Å². The predicted molar refractivity (Wildman–Crippen MR) is 224 cm³/mol. The highest BCUT2D eigenvalue weighted by atomic mass is 31.2. The first-order valence-electron chi connectivity index (χ1n) is 22.7. The van der Waals surface area contributed by atoms with Gasteiger partial charge in [0.15, 0.2) is 6.10 Å². The van der Waals surface area contributed by atoms with E-state index in [9.17, 15) is 14.3 Å². The van der Waals surface area contributed by atoms with Gasteiger partial charge in [0, 0.05) is 13.0 Å². The van der Waals surface area contributed by atoms with Crippen LogP contribution in [-0.2, 0) is 27.9 Å². The summed E-state index contributed by atoms with van der Waals surface area (Å²) in [5.74, 6) is -0.347. The molecule has 0 rings (SSSR count). The highest BCUT2D eigenvalue weighted by molar-refractivity contribution is 7.47. The predicted octanol–water partition coefficient (Wildman–Crippen LogP) is 13.8. The van der Waals surface area contributed by atoms with Crippen molar-refractivity contribution in [3.05, 3.63) is 12.3 Å². The summed E-state index contributed by atoms with van der Waals surface area (Å²) in [5, 5.41) is 0. The smallest absolute Gasteiger partial charge is 0.472 e. The standard InChI is InChI=1S/C44H88NO7P/c1-3-5-7-9-11-13-15-17-19-21-22-24-26-28-30-32-34-36-39-49-41-43(42-51-53(47,48)50-40-38-45)52-44(46)37-35-33-31-29-27-25-23-20-18-16-14-12-10-8-6-4-2/h36,39,43H,3-35,37-38,40-42,45H2,1-2H3,(H,47,48)/b39-36+/t43-/m1/s1. The highest BCUT2D eigenvalue weighted by Gasteiger charge is 2.25. The minimum absolute atomic E-state index is 0.0387. The van der Waals surface area contributed by atoms with E-state index in [0.29, 0.717) is 6.42 Å². The Morgan fingerprint density at radius 3 is 1.34 bits per heavy atom. The summed E-state index contributed by atoms with van der Waals surface area (Å²) in [6.07, 6.45) is 46.1. The van der Waals surface area contributed by atoms with Gasteiger partial charge in [0.1, 0.15) is 6.61 Å². The Kier molecular flexibility index (Phi) is 41.5. The normalized spacial score (nSPS) is 13.4. The first kappa shape index (κ1) is 52.1. The number of carbonyl (C=O) groups is 1. The molecule has 0 amide bonds. The topological polar surface area (TPSA) is 117 Å². The molecule has 0 saturated heterocycles. The lowest BCUT2D eigenvalue weighted by molar-refractivity contribution is -0.153. The SMILES string of the molecule is CCCCCCCCCCCCCCCCCC/C=C/OC[C@H](COP(=O)(O)OCCN)OC(=O)CCCCCCCCCCCCCCCCCC. The van der Waals surface area contributed by atoms with E-state index in [1.807, 2.05) is 6.08 Å². The molecule has 9 heteroatoms. The van der Waals surface area contributed by atoms with Crippen LogP contribution in [0.15, 0.2) is 12.3 Å². The van der Waals surface area contributed by atoms with Gasteiger partial charge in [-0.3, -0.25) is 13.8 Å². The zero-order valence-corrected chi connectivity index (χ0v) is 35.9. The summed E-state index contributed by atoms with van der Waals surface area (Å²) in [6.45, 7) is 4.29. The van der Waals surface area contributed by atoms with Gasteiger partial charge in [0.05, 0.1) is 19.5 Å². The van der Waals surface area contributed by atoms with E-state index in [0.717, 1.165) is 32.1 Å². The van der Waals surface area contributed by atoms with Crippen LogP contribution in [0.1, 0.15) is 232 Å². The molecule has 0 aromatic carbocycles. The van der Waals surface area contributed by atoms with E-state index in [1.54, 1.807) is 6.26 Å². The fourth-order valence-corrected chi connectivity index (χ4v) is 7.44. The summed E-state index contributed by atoms with van der Waals surface area (Å²) in [4.78, 5) is 22.5. The number of ether oxygens (including phenoxy) is 2. The molecule has 0 bridgehead atoms. The van der Waals surface area contributed by atoms with Gasteiger partial charge < -0.3 is 20.1 Å². The van der Waals surface area contributed by atoms with Crippen LogP contribution in [-0.4, -0.2) is 43.3 Å². The third-order valence-electron chi connectivity index (χ3n) is 10.0. The largest absolute Gasteiger partial charge is 0.498 e. The van der Waals surface area contributed by atoms with Crippen LogP contribution < -0.4 is 5.73 Å². The van der Waals surface area contributed by atoms with Crippen molar-refractivity contribution in [2.75, 3.05) is 26.4 Å². The third kappa shape index (κ3) is 42.1. The van der Waals surface area contributed by atoms with Crippen LogP contribution in [0.25, 0.3) is 0 Å². The minimum atomic E-state index is -4.29. The quantitative estimate of drug-likeness (QED) is 0.0272. The molecule has 0 aliphatic rings. The molecule has 0 heterocycles. The number of hydrogen-bond donors (Lipinski definition) is 2. The van der Waals surface area contributed by atoms with Gasteiger partial charge in [-0.05, 0) is 25.3 Å². The van der Waals surface area contributed by atoms with Crippen LogP contribution in [0.3, 0.4) is 0 Å². The second kappa shape index (κ2) is 42.2. The molecule has 8 nitrogen and oxygen atoms in total. The second-order valence-electron chi connectivity index (χ2n) is 15.3. The van der Waals surface area contributed by atoms with Crippen molar-refractivity contribution in [2.45, 2.75) is 238 Å². The number of carbonyl (C=O) groups excluding carboxylic acids is 1. The third-order valence-corrected chi connectivity index (χ3v) is 11.0. The van der Waals surface area contributed by atoms with Gasteiger partial charge in [-0.1, -0.05) is 206 Å². The fraction of sp³-hybridized carbons (Fsp3) is 0.932. The Bertz CT molecular complexity index is 828. The second-order valence-corrected chi connectivity index (χ2v) is 16.8. The van der Waals surface area contributed by atoms with Crippen molar-refractivity contribution in [3.8, 4) is 0 Å². The van der Waals surface area contributed by atoms with Crippen molar-refractivity contribution in [2.24, 2.45) is 5.73 Å². The lowest BCUT2D eigenvalue weighted by Gasteiger charge is -2.19. The molecular formula is C44H88NO7P. The van der Waals surface area contributed by atoms with Gasteiger partial charge in [-0.2, -0.15) is 0 Å². The molecule has 0 spiro atoms. The van der Waals surface area contributed by atoms with Crippen LogP contribution in [0, 0.1) is 0 Å². The molecule has 0 aromatic heterocycles. The van der Waals surface area contributed by atoms with Gasteiger partial charge in [-0.25, -0.2) is 4.57 Å². The zero-order chi connectivity index (χ0) is 38.8. The van der Waals surface area contributed by atoms with Crippen LogP contribution in [0.5, 0.6) is 0 Å². The lowest BCUT2D eigenvalue weighted by Crippen LogP contribution is -2.27. The van der Waals surface area contributed by atoms with Crippen LogP contribution in [0.2, 0.25) is 0 Å². The average Bonchev–Trinajstić information content (AvgIpc) is 3.15. The molecule has 0 aromatic rings. The molecular weight excluding hydrogens is 685 g/mol. The van der Waals surface area contributed by atoms with Gasteiger partial charge in [0.25, 0.3) is 0 Å². The molecule has 53 heavy (non-hydrogen) atoms. The molecule has 0 radical (unpaired) electrons. The molecule has 2 atom stereocenters. The number of unbranched alkanes of at least 4 members (excludes halogenated alkanes) is 31. The van der Waals surface area contributed by atoms with Crippen LogP contribution in [0.4, 0.5) is 0 Å². The number of rotatable bonds is 44. The van der Waals surface area contributed by atoms with Crippen LogP contribution >= 0.6 is 7.82 Å². The summed E-state index contributed by atoms with van der Waals surface area (Å²) in [5.41, 5.74) is 5.37. The Morgan fingerprint density at radius 2 is 0.943 bits per heavy atom. The summed E-state index contributed by atoms with van der Waals surface area (Å²) in [7, 11) is -4.29. The number of allylic oxidation sites excluding steroid dienone is 1. The van der Waals surface area contributed by atoms with Crippen molar-refractivity contribution < 1.29 is 32.8 Å². The van der Waals surface area contributed by atoms with Crippen molar-refractivity contribution in [3.63, 3.8) is 0 Å². The first-order chi connectivity index (χ1) is 25.9. The van der Waals surface area contributed by atoms with Gasteiger partial charge >= 0.3 is 13.8 Å². The minimum Gasteiger partial charge on any atom is -0.498 e. The Hall–Kier alpha value is -0.920. The van der Waals surface area contributed by atoms with Gasteiger partial charge in [-0.15, -0.1) is 0 Å².